The van der Waals surface area contributed by atoms with Crippen LogP contribution in [0.3, 0.4) is 0 Å². The van der Waals surface area contributed by atoms with Crippen LogP contribution in [-0.2, 0) is 0 Å². The Morgan fingerprint density at radius 2 is 1.80 bits per heavy atom. The molecule has 0 aliphatic rings. The summed E-state index contributed by atoms with van der Waals surface area (Å²) in [5, 5.41) is 2.29. The highest BCUT2D eigenvalue weighted by Gasteiger charge is 1.79. The molecule has 0 aliphatic heterocycles. The van der Waals surface area contributed by atoms with Crippen LogP contribution in [-0.4, -0.2) is 5.16 Å². The number of rotatable bonds is 1. The molecule has 0 aliphatic carbocycles. The van der Waals surface area contributed by atoms with Gasteiger partial charge in [-0.1, -0.05) is 18.2 Å². The molecule has 0 radical (unpaired) electrons. The molecule has 10 heavy (non-hydrogen) atoms. The summed E-state index contributed by atoms with van der Waals surface area (Å²) in [6.07, 6.45) is 0. The number of halogens is 1. The molecule has 3 heteroatoms. The maximum Gasteiger partial charge on any atom is 0.0739 e. The van der Waals surface area contributed by atoms with Crippen molar-refractivity contribution in [2.75, 3.05) is 0 Å². The van der Waals surface area contributed by atoms with Crippen molar-refractivity contribution in [3.63, 3.8) is 0 Å². The van der Waals surface area contributed by atoms with E-state index in [1.54, 1.807) is 0 Å². The lowest BCUT2D eigenvalue weighted by Gasteiger charge is -1.83. The fourth-order valence-electron chi connectivity index (χ4n) is 0.555. The van der Waals surface area contributed by atoms with Crippen LogP contribution in [0.15, 0.2) is 35.3 Å². The Kier molecular flexibility index (Phi) is 4.77. The second-order valence-corrected chi connectivity index (χ2v) is 1.72. The van der Waals surface area contributed by atoms with E-state index >= 15 is 0 Å². The molecule has 1 nitrogen and oxygen atoms in total. The lowest BCUT2D eigenvalue weighted by molar-refractivity contribution is 1.55. The van der Waals surface area contributed by atoms with Gasteiger partial charge in [0.2, 0.25) is 0 Å². The zero-order valence-electron chi connectivity index (χ0n) is 5.15. The maximum atomic E-state index is 4.42. The van der Waals surface area contributed by atoms with Crippen molar-refractivity contribution in [3.05, 3.63) is 30.3 Å². The second-order valence-electron chi connectivity index (χ2n) is 1.54. The molecular weight excluding hydrogens is 166 g/mol. The first-order chi connectivity index (χ1) is 4.43. The molecule has 0 saturated carbocycles. The van der Waals surface area contributed by atoms with Crippen LogP contribution >= 0.6 is 24.6 Å². The number of aliphatic imine (C=N–C) groups is 1. The number of benzene rings is 1. The highest BCUT2D eigenvalue weighted by molar-refractivity contribution is 7.78. The Balaban J connectivity index is 0.000000810. The van der Waals surface area contributed by atoms with E-state index < -0.39 is 0 Å². The highest BCUT2D eigenvalue weighted by atomic mass is 35.5. The van der Waals surface area contributed by atoms with Crippen LogP contribution in [0.25, 0.3) is 0 Å². The molecule has 0 saturated heterocycles. The number of para-hydroxylation sites is 1. The predicted octanol–water partition coefficient (Wildman–Crippen LogP) is 2.84. The third-order valence-electron chi connectivity index (χ3n) is 0.931. The quantitative estimate of drug-likeness (QED) is 0.468. The van der Waals surface area contributed by atoms with E-state index in [-0.39, 0.29) is 12.4 Å². The Labute approximate surface area is 71.2 Å². The molecular formula is C7H6ClNS. The molecule has 1 aromatic rings. The van der Waals surface area contributed by atoms with Crippen LogP contribution in [0, 0.1) is 0 Å². The van der Waals surface area contributed by atoms with E-state index in [1.165, 1.54) is 0 Å². The topological polar surface area (TPSA) is 12.4 Å². The molecule has 1 rings (SSSR count). The lowest BCUT2D eigenvalue weighted by atomic mass is 10.3. The first-order valence-corrected chi connectivity index (χ1v) is 2.97. The normalized spacial score (nSPS) is 7.20. The summed E-state index contributed by atoms with van der Waals surface area (Å²) in [4.78, 5) is 3.77. The van der Waals surface area contributed by atoms with Gasteiger partial charge in [-0.2, -0.15) is 4.99 Å². The van der Waals surface area contributed by atoms with Crippen molar-refractivity contribution in [1.29, 1.82) is 0 Å². The Hall–Kier alpha value is -0.690. The summed E-state index contributed by atoms with van der Waals surface area (Å²) >= 11 is 4.42. The van der Waals surface area contributed by atoms with E-state index in [4.69, 9.17) is 0 Å². The molecule has 0 spiro atoms. The summed E-state index contributed by atoms with van der Waals surface area (Å²) in [5.41, 5.74) is 0.854. The smallest absolute Gasteiger partial charge is 0.0739 e. The van der Waals surface area contributed by atoms with E-state index in [2.05, 4.69) is 22.4 Å². The Bertz CT molecular complexity index is 229. The average molecular weight is 172 g/mol. The zero-order valence-corrected chi connectivity index (χ0v) is 6.78. The number of hydrogen-bond acceptors (Lipinski definition) is 2. The molecule has 0 heterocycles. The minimum Gasteiger partial charge on any atom is -0.195 e. The van der Waals surface area contributed by atoms with Crippen LogP contribution in [0.2, 0.25) is 0 Å². The van der Waals surface area contributed by atoms with Crippen molar-refractivity contribution in [2.45, 2.75) is 0 Å². The van der Waals surface area contributed by atoms with Crippen molar-refractivity contribution in [2.24, 2.45) is 4.99 Å². The number of isothiocyanates is 1. The van der Waals surface area contributed by atoms with Gasteiger partial charge in [0.25, 0.3) is 0 Å². The molecule has 0 unspecified atom stereocenters. The zero-order chi connectivity index (χ0) is 6.53. The minimum atomic E-state index is 0. The molecule has 0 fully saturated rings. The SMILES string of the molecule is Cl.S=C=Nc1ccccc1. The Morgan fingerprint density at radius 1 is 1.20 bits per heavy atom. The minimum absolute atomic E-state index is 0. The van der Waals surface area contributed by atoms with E-state index in [0.717, 1.165) is 5.69 Å². The van der Waals surface area contributed by atoms with Gasteiger partial charge in [0, 0.05) is 0 Å². The monoisotopic (exact) mass is 171 g/mol. The fourth-order valence-corrected chi connectivity index (χ4v) is 0.661. The lowest BCUT2D eigenvalue weighted by Crippen LogP contribution is -1.58. The highest BCUT2D eigenvalue weighted by Crippen LogP contribution is 2.07. The summed E-state index contributed by atoms with van der Waals surface area (Å²) in [6.45, 7) is 0. The fraction of sp³-hybridized carbons (Fsp3) is 0. The molecule has 0 aromatic heterocycles. The third kappa shape index (κ3) is 2.74. The van der Waals surface area contributed by atoms with Gasteiger partial charge in [-0.25, -0.2) is 0 Å². The van der Waals surface area contributed by atoms with Crippen molar-refractivity contribution in [3.8, 4) is 0 Å². The molecule has 0 atom stereocenters. The van der Waals surface area contributed by atoms with Gasteiger partial charge < -0.3 is 0 Å². The summed E-state index contributed by atoms with van der Waals surface area (Å²) in [6, 6.07) is 9.50. The Morgan fingerprint density at radius 3 is 2.30 bits per heavy atom. The summed E-state index contributed by atoms with van der Waals surface area (Å²) in [5.74, 6) is 0. The van der Waals surface area contributed by atoms with Gasteiger partial charge in [0.1, 0.15) is 0 Å². The van der Waals surface area contributed by atoms with Crippen LogP contribution < -0.4 is 0 Å². The van der Waals surface area contributed by atoms with Crippen LogP contribution in [0.1, 0.15) is 0 Å². The van der Waals surface area contributed by atoms with E-state index in [9.17, 15) is 0 Å². The van der Waals surface area contributed by atoms with Gasteiger partial charge in [-0.3, -0.25) is 0 Å². The molecule has 0 N–H and O–H groups in total. The first kappa shape index (κ1) is 9.31. The first-order valence-electron chi connectivity index (χ1n) is 2.56. The van der Waals surface area contributed by atoms with Crippen LogP contribution in [0.5, 0.6) is 0 Å². The van der Waals surface area contributed by atoms with Gasteiger partial charge in [-0.05, 0) is 24.4 Å². The standard InChI is InChI=1S/C7H5NS.ClH/c9-6-8-7-4-2-1-3-5-7;/h1-5H;1H. The third-order valence-corrected chi connectivity index (χ3v) is 1.02. The number of thiocarbonyl (C=S) groups is 1. The largest absolute Gasteiger partial charge is 0.195 e. The van der Waals surface area contributed by atoms with E-state index in [0.29, 0.717) is 0 Å². The molecule has 0 bridgehead atoms. The van der Waals surface area contributed by atoms with Crippen molar-refractivity contribution in [1.82, 2.24) is 0 Å². The average Bonchev–Trinajstić information content (AvgIpc) is 1.91. The predicted molar refractivity (Wildman–Crippen MR) is 48.4 cm³/mol. The van der Waals surface area contributed by atoms with Gasteiger partial charge >= 0.3 is 0 Å². The number of nitrogens with zero attached hydrogens (tertiary/aromatic N) is 1. The maximum absolute atomic E-state index is 4.42. The van der Waals surface area contributed by atoms with Gasteiger partial charge in [-0.15, -0.1) is 12.4 Å². The van der Waals surface area contributed by atoms with Crippen LogP contribution in [0.4, 0.5) is 5.69 Å². The van der Waals surface area contributed by atoms with Crippen molar-refractivity contribution < 1.29 is 0 Å². The van der Waals surface area contributed by atoms with Gasteiger partial charge in [0.15, 0.2) is 0 Å². The van der Waals surface area contributed by atoms with Crippen molar-refractivity contribution >= 4 is 35.5 Å². The summed E-state index contributed by atoms with van der Waals surface area (Å²) in [7, 11) is 0. The number of hydrogen-bond donors (Lipinski definition) is 0. The molecule has 0 amide bonds. The molecule has 52 valence electrons. The molecule has 1 aromatic carbocycles. The van der Waals surface area contributed by atoms with Gasteiger partial charge in [0.05, 0.1) is 10.8 Å². The second kappa shape index (κ2) is 5.12. The van der Waals surface area contributed by atoms with E-state index in [1.807, 2.05) is 30.3 Å². The summed E-state index contributed by atoms with van der Waals surface area (Å²) < 4.78 is 0.